The van der Waals surface area contributed by atoms with Gasteiger partial charge in [0.1, 0.15) is 17.5 Å². The zero-order chi connectivity index (χ0) is 25.4. The van der Waals surface area contributed by atoms with Gasteiger partial charge in [0, 0.05) is 47.2 Å². The van der Waals surface area contributed by atoms with Crippen molar-refractivity contribution >= 4 is 46.7 Å². The molecule has 2 aromatic heterocycles. The van der Waals surface area contributed by atoms with Crippen LogP contribution in [0.25, 0.3) is 11.0 Å². The van der Waals surface area contributed by atoms with Crippen molar-refractivity contribution in [3.8, 4) is 11.5 Å². The first kappa shape index (κ1) is 27.3. The third-order valence-electron chi connectivity index (χ3n) is 4.76. The van der Waals surface area contributed by atoms with E-state index in [9.17, 15) is 14.1 Å². The van der Waals surface area contributed by atoms with Gasteiger partial charge < -0.3 is 24.4 Å². The lowest BCUT2D eigenvalue weighted by Gasteiger charge is -2.13. The van der Waals surface area contributed by atoms with Crippen LogP contribution >= 0.6 is 12.6 Å². The first-order chi connectivity index (χ1) is 16.1. The average molecular weight is 509 g/mol. The second kappa shape index (κ2) is 12.5. The number of imidazole rings is 1. The van der Waals surface area contributed by atoms with Crippen LogP contribution in [0, 0.1) is 13.8 Å². The van der Waals surface area contributed by atoms with Crippen LogP contribution in [0.2, 0.25) is 0 Å². The van der Waals surface area contributed by atoms with Crippen molar-refractivity contribution in [2.75, 3.05) is 20.0 Å². The quantitative estimate of drug-likeness (QED) is 0.268. The number of ether oxygens (including phenoxy) is 2. The predicted molar refractivity (Wildman–Crippen MR) is 132 cm³/mol. The Balaban J connectivity index is 0.000000347. The molecule has 1 unspecified atom stereocenters. The zero-order valence-electron chi connectivity index (χ0n) is 19.5. The highest BCUT2D eigenvalue weighted by Gasteiger charge is 2.21. The summed E-state index contributed by atoms with van der Waals surface area (Å²) in [5, 5.41) is 11.0. The van der Waals surface area contributed by atoms with Crippen LogP contribution in [0.1, 0.15) is 23.7 Å². The minimum atomic E-state index is -1.33. The van der Waals surface area contributed by atoms with Gasteiger partial charge in [-0.1, -0.05) is 0 Å². The van der Waals surface area contributed by atoms with Crippen LogP contribution in [0.5, 0.6) is 11.5 Å². The van der Waals surface area contributed by atoms with Crippen LogP contribution in [-0.4, -0.2) is 62.5 Å². The van der Waals surface area contributed by atoms with Crippen molar-refractivity contribution in [1.82, 2.24) is 20.3 Å². The summed E-state index contributed by atoms with van der Waals surface area (Å²) in [5.74, 6) is 0.457. The second-order valence-electron chi connectivity index (χ2n) is 7.23. The molecular formula is C22H28N4O6S2. The maximum Gasteiger partial charge on any atom is 0.327 e. The van der Waals surface area contributed by atoms with Gasteiger partial charge in [0.15, 0.2) is 5.75 Å². The van der Waals surface area contributed by atoms with E-state index < -0.39 is 23.2 Å². The van der Waals surface area contributed by atoms with Gasteiger partial charge >= 0.3 is 11.1 Å². The average Bonchev–Trinajstić information content (AvgIpc) is 3.23. The summed E-state index contributed by atoms with van der Waals surface area (Å²) in [7, 11) is 3.23. The Morgan fingerprint density at radius 1 is 1.29 bits per heavy atom. The number of aryl methyl sites for hydroxylation is 1. The summed E-state index contributed by atoms with van der Waals surface area (Å²) in [6, 6.07) is 4.63. The molecule has 0 radical (unpaired) electrons. The molecule has 184 valence electrons. The van der Waals surface area contributed by atoms with Gasteiger partial charge in [-0.25, -0.2) is 4.79 Å². The van der Waals surface area contributed by atoms with Gasteiger partial charge in [-0.3, -0.25) is 14.8 Å². The highest BCUT2D eigenvalue weighted by molar-refractivity contribution is 7.90. The second-order valence-corrected chi connectivity index (χ2v) is 8.97. The topological polar surface area (TPSA) is 149 Å². The number of hydrogen-bond donors (Lipinski definition) is 4. The number of pyridine rings is 1. The number of aliphatic carboxylic acids is 1. The van der Waals surface area contributed by atoms with E-state index in [1.54, 1.807) is 20.4 Å². The highest BCUT2D eigenvalue weighted by atomic mass is 32.2. The summed E-state index contributed by atoms with van der Waals surface area (Å²) < 4.78 is 23.3. The Hall–Kier alpha value is -2.96. The monoisotopic (exact) mass is 508 g/mol. The number of carbonyl (C=O) groups excluding carboxylic acids is 1. The van der Waals surface area contributed by atoms with Crippen molar-refractivity contribution in [2.45, 2.75) is 37.7 Å². The molecule has 0 saturated carbocycles. The van der Waals surface area contributed by atoms with Crippen molar-refractivity contribution < 1.29 is 28.7 Å². The number of H-pyrrole nitrogens is 1. The smallest absolute Gasteiger partial charge is 0.327 e. The largest absolute Gasteiger partial charge is 0.609 e. The standard InChI is InChI=1S/C17H19N3O3S.C5H9NO3S/c1-10-8-18-15(11(2)16(10)23-4)9-24(21)17-19-13-6-5-12(22-3)7-14(13)20-17;1-3(7)6-4(2-10)5(8)9/h5-8H,9H2,1-4H3,(H,19,20);4,10H,2H2,1H3,(H,6,7)(H,8,9)/t;4-/m.0/s1. The molecular weight excluding hydrogens is 480 g/mol. The summed E-state index contributed by atoms with van der Waals surface area (Å²) in [6.07, 6.45) is 1.74. The van der Waals surface area contributed by atoms with E-state index in [0.717, 1.165) is 33.6 Å². The van der Waals surface area contributed by atoms with Crippen molar-refractivity contribution in [3.05, 3.63) is 41.2 Å². The number of fused-ring (bicyclic) bond motifs is 1. The molecule has 0 fully saturated rings. The number of carboxylic acid groups (broad SMARTS) is 1. The van der Waals surface area contributed by atoms with E-state index >= 15 is 0 Å². The fourth-order valence-electron chi connectivity index (χ4n) is 3.04. The number of hydrogen-bond acceptors (Lipinski definition) is 8. The van der Waals surface area contributed by atoms with Gasteiger partial charge in [0.05, 0.1) is 30.9 Å². The molecule has 2 atom stereocenters. The molecule has 0 bridgehead atoms. The van der Waals surface area contributed by atoms with Crippen LogP contribution in [-0.2, 0) is 26.5 Å². The summed E-state index contributed by atoms with van der Waals surface area (Å²) in [5.41, 5.74) is 4.16. The minimum Gasteiger partial charge on any atom is -0.609 e. The first-order valence-corrected chi connectivity index (χ1v) is 12.1. The van der Waals surface area contributed by atoms with Crippen molar-refractivity contribution in [3.63, 3.8) is 0 Å². The number of aromatic nitrogens is 3. The predicted octanol–water partition coefficient (Wildman–Crippen LogP) is 2.41. The molecule has 12 heteroatoms. The normalized spacial score (nSPS) is 12.3. The lowest BCUT2D eigenvalue weighted by molar-refractivity contribution is -0.140. The summed E-state index contributed by atoms with van der Waals surface area (Å²) >= 11 is 2.41. The molecule has 10 nitrogen and oxygen atoms in total. The third-order valence-corrected chi connectivity index (χ3v) is 6.29. The Bertz CT molecular complexity index is 1150. The number of benzene rings is 1. The molecule has 0 spiro atoms. The number of carboxylic acids is 1. The van der Waals surface area contributed by atoms with Gasteiger partial charge in [-0.15, -0.1) is 0 Å². The fraction of sp³-hybridized carbons (Fsp3) is 0.364. The Labute approximate surface area is 206 Å². The number of rotatable bonds is 8. The number of amides is 1. The summed E-state index contributed by atoms with van der Waals surface area (Å²) in [6.45, 7) is 5.13. The lowest BCUT2D eigenvalue weighted by atomic mass is 10.1. The van der Waals surface area contributed by atoms with E-state index in [4.69, 9.17) is 14.6 Å². The molecule has 0 aliphatic carbocycles. The maximum absolute atomic E-state index is 12.7. The van der Waals surface area contributed by atoms with E-state index in [1.165, 1.54) is 6.92 Å². The Morgan fingerprint density at radius 3 is 2.53 bits per heavy atom. The first-order valence-electron chi connectivity index (χ1n) is 10.1. The zero-order valence-corrected chi connectivity index (χ0v) is 21.3. The van der Waals surface area contributed by atoms with Crippen LogP contribution in [0.3, 0.4) is 0 Å². The van der Waals surface area contributed by atoms with Crippen LogP contribution in [0.15, 0.2) is 29.6 Å². The van der Waals surface area contributed by atoms with E-state index in [-0.39, 0.29) is 17.4 Å². The molecule has 1 aromatic carbocycles. The lowest BCUT2D eigenvalue weighted by Crippen LogP contribution is -2.40. The van der Waals surface area contributed by atoms with Gasteiger partial charge in [-0.05, 0) is 26.0 Å². The molecule has 2 heterocycles. The molecule has 34 heavy (non-hydrogen) atoms. The van der Waals surface area contributed by atoms with Crippen molar-refractivity contribution in [2.24, 2.45) is 0 Å². The molecule has 0 saturated heterocycles. The Morgan fingerprint density at radius 2 is 2.00 bits per heavy atom. The number of methoxy groups -OCH3 is 2. The van der Waals surface area contributed by atoms with E-state index in [2.05, 4.69) is 32.9 Å². The number of carbonyl (C=O) groups is 2. The Kier molecular flexibility index (Phi) is 10.0. The van der Waals surface area contributed by atoms with Crippen LogP contribution in [0.4, 0.5) is 0 Å². The number of thiol groups is 1. The highest BCUT2D eigenvalue weighted by Crippen LogP contribution is 2.27. The number of nitrogens with one attached hydrogen (secondary N) is 2. The molecule has 1 amide bonds. The molecule has 3 rings (SSSR count). The number of aromatic amines is 1. The molecule has 0 aliphatic heterocycles. The van der Waals surface area contributed by atoms with Crippen molar-refractivity contribution in [1.29, 1.82) is 0 Å². The molecule has 3 N–H and O–H groups in total. The van der Waals surface area contributed by atoms with Gasteiger partial charge in [0.25, 0.3) is 0 Å². The minimum absolute atomic E-state index is 0.106. The molecule has 3 aromatic rings. The third kappa shape index (κ3) is 7.02. The van der Waals surface area contributed by atoms with E-state index in [0.29, 0.717) is 10.9 Å². The fourth-order valence-corrected chi connectivity index (χ4v) is 4.38. The van der Waals surface area contributed by atoms with Crippen LogP contribution < -0.4 is 14.8 Å². The van der Waals surface area contributed by atoms with E-state index in [1.807, 2.05) is 32.0 Å². The van der Waals surface area contributed by atoms with Gasteiger partial charge in [0.2, 0.25) is 5.91 Å². The summed E-state index contributed by atoms with van der Waals surface area (Å²) in [4.78, 5) is 32.4. The van der Waals surface area contributed by atoms with Gasteiger partial charge in [-0.2, -0.15) is 17.6 Å². The number of nitrogens with zero attached hydrogens (tertiary/aromatic N) is 2. The maximum atomic E-state index is 12.7. The molecule has 0 aliphatic rings. The SMILES string of the molecule is CC(=O)N[C@@H](CS)C(=O)O.COc1ccc2[nH]c([S+]([O-])Cc3ncc(C)c(OC)c3C)nc2c1.